The number of aromatic nitrogens is 1. The normalized spacial score (nSPS) is 20.9. The highest BCUT2D eigenvalue weighted by Crippen LogP contribution is 2.16. The van der Waals surface area contributed by atoms with E-state index in [0.717, 1.165) is 12.8 Å². The van der Waals surface area contributed by atoms with Gasteiger partial charge in [0.05, 0.1) is 11.3 Å². The number of aryl methyl sites for hydroxylation is 1. The van der Waals surface area contributed by atoms with Gasteiger partial charge in [0.1, 0.15) is 5.69 Å². The fraction of sp³-hybridized carbons (Fsp3) is 0.583. The molecule has 1 saturated heterocycles. The monoisotopic (exact) mass is 319 g/mol. The molecule has 2 rings (SSSR count). The van der Waals surface area contributed by atoms with Gasteiger partial charge in [-0.3, -0.25) is 4.79 Å². The molecule has 0 aliphatic carbocycles. The Labute approximate surface area is 123 Å². The summed E-state index contributed by atoms with van der Waals surface area (Å²) < 4.78 is 26.1. The number of rotatable bonds is 3. The van der Waals surface area contributed by atoms with Crippen LogP contribution in [0.25, 0.3) is 0 Å². The zero-order chi connectivity index (χ0) is 14.9. The summed E-state index contributed by atoms with van der Waals surface area (Å²) in [4.78, 5) is 12.1. The van der Waals surface area contributed by atoms with E-state index in [1.54, 1.807) is 23.9 Å². The molecule has 8 heteroatoms. The second-order valence-electron chi connectivity index (χ2n) is 5.09. The maximum absolute atomic E-state index is 12.1. The number of nitrogens with zero attached hydrogens (tertiary/aromatic N) is 2. The molecule has 0 spiro atoms. The summed E-state index contributed by atoms with van der Waals surface area (Å²) in [5.41, 5.74) is 0.464. The van der Waals surface area contributed by atoms with Crippen LogP contribution in [0.15, 0.2) is 12.3 Å². The van der Waals surface area contributed by atoms with Crippen molar-refractivity contribution in [2.75, 3.05) is 19.3 Å². The van der Waals surface area contributed by atoms with Crippen molar-refractivity contribution in [2.24, 2.45) is 7.05 Å². The SMILES string of the molecule is Cn1cc(Cl)cc1C(=O)NC1CCCN(S(C)(=O)=O)C1. The van der Waals surface area contributed by atoms with E-state index in [1.807, 2.05) is 0 Å². The molecule has 6 nitrogen and oxygen atoms in total. The van der Waals surface area contributed by atoms with E-state index < -0.39 is 10.0 Å². The summed E-state index contributed by atoms with van der Waals surface area (Å²) in [5.74, 6) is -0.236. The molecule has 1 unspecified atom stereocenters. The first-order chi connectivity index (χ1) is 9.27. The molecule has 20 heavy (non-hydrogen) atoms. The lowest BCUT2D eigenvalue weighted by molar-refractivity contribution is 0.0913. The van der Waals surface area contributed by atoms with Gasteiger partial charge in [0.15, 0.2) is 0 Å². The third kappa shape index (κ3) is 3.53. The molecule has 0 saturated carbocycles. The van der Waals surface area contributed by atoms with Crippen LogP contribution in [0.1, 0.15) is 23.3 Å². The van der Waals surface area contributed by atoms with Gasteiger partial charge in [0.2, 0.25) is 10.0 Å². The molecule has 1 aromatic heterocycles. The Balaban J connectivity index is 2.03. The third-order valence-corrected chi connectivity index (χ3v) is 4.87. The Kier molecular flexibility index (Phi) is 4.41. The number of amides is 1. The number of hydrogen-bond donors (Lipinski definition) is 1. The highest BCUT2D eigenvalue weighted by atomic mass is 35.5. The summed E-state index contributed by atoms with van der Waals surface area (Å²) in [7, 11) is -1.47. The van der Waals surface area contributed by atoms with E-state index in [4.69, 9.17) is 11.6 Å². The van der Waals surface area contributed by atoms with Crippen molar-refractivity contribution in [3.63, 3.8) is 0 Å². The molecule has 1 aliphatic rings. The van der Waals surface area contributed by atoms with E-state index in [9.17, 15) is 13.2 Å². The van der Waals surface area contributed by atoms with Crippen LogP contribution in [-0.4, -0.2) is 48.6 Å². The lowest BCUT2D eigenvalue weighted by Gasteiger charge is -2.31. The largest absolute Gasteiger partial charge is 0.347 e. The number of piperidine rings is 1. The van der Waals surface area contributed by atoms with Gasteiger partial charge in [-0.2, -0.15) is 0 Å². The van der Waals surface area contributed by atoms with Crippen molar-refractivity contribution in [3.05, 3.63) is 23.0 Å². The maximum Gasteiger partial charge on any atom is 0.268 e. The molecule has 1 N–H and O–H groups in total. The van der Waals surface area contributed by atoms with Crippen LogP contribution in [-0.2, 0) is 17.1 Å². The smallest absolute Gasteiger partial charge is 0.268 e. The van der Waals surface area contributed by atoms with Crippen LogP contribution >= 0.6 is 11.6 Å². The number of hydrogen-bond acceptors (Lipinski definition) is 3. The Morgan fingerprint density at radius 3 is 2.75 bits per heavy atom. The molecule has 0 bridgehead atoms. The molecule has 2 heterocycles. The zero-order valence-corrected chi connectivity index (χ0v) is 13.0. The molecular weight excluding hydrogens is 302 g/mol. The number of sulfonamides is 1. The topological polar surface area (TPSA) is 71.4 Å². The molecule has 1 aliphatic heterocycles. The first-order valence-electron chi connectivity index (χ1n) is 6.35. The van der Waals surface area contributed by atoms with Crippen molar-refractivity contribution in [1.82, 2.24) is 14.2 Å². The summed E-state index contributed by atoms with van der Waals surface area (Å²) in [5, 5.41) is 3.37. The third-order valence-electron chi connectivity index (χ3n) is 3.39. The summed E-state index contributed by atoms with van der Waals surface area (Å²) in [6, 6.07) is 1.42. The predicted octanol–water partition coefficient (Wildman–Crippen LogP) is 0.832. The lowest BCUT2D eigenvalue weighted by atomic mass is 10.1. The molecule has 0 aromatic carbocycles. The van der Waals surface area contributed by atoms with Crippen LogP contribution in [0.2, 0.25) is 5.02 Å². The molecule has 1 fully saturated rings. The van der Waals surface area contributed by atoms with E-state index in [1.165, 1.54) is 10.6 Å². The van der Waals surface area contributed by atoms with E-state index in [-0.39, 0.29) is 11.9 Å². The number of nitrogens with one attached hydrogen (secondary N) is 1. The van der Waals surface area contributed by atoms with Crippen molar-refractivity contribution in [1.29, 1.82) is 0 Å². The van der Waals surface area contributed by atoms with Crippen molar-refractivity contribution >= 4 is 27.5 Å². The highest BCUT2D eigenvalue weighted by Gasteiger charge is 2.27. The molecule has 0 radical (unpaired) electrons. The van der Waals surface area contributed by atoms with Crippen molar-refractivity contribution in [3.8, 4) is 0 Å². The van der Waals surface area contributed by atoms with Crippen LogP contribution < -0.4 is 5.32 Å². The van der Waals surface area contributed by atoms with Crippen molar-refractivity contribution < 1.29 is 13.2 Å². The van der Waals surface area contributed by atoms with Crippen molar-refractivity contribution in [2.45, 2.75) is 18.9 Å². The van der Waals surface area contributed by atoms with E-state index in [0.29, 0.717) is 23.8 Å². The van der Waals surface area contributed by atoms with Gasteiger partial charge < -0.3 is 9.88 Å². The summed E-state index contributed by atoms with van der Waals surface area (Å²) in [6.45, 7) is 0.837. The second-order valence-corrected chi connectivity index (χ2v) is 7.51. The minimum Gasteiger partial charge on any atom is -0.347 e. The van der Waals surface area contributed by atoms with Gasteiger partial charge in [-0.25, -0.2) is 12.7 Å². The molecule has 112 valence electrons. The minimum atomic E-state index is -3.21. The quantitative estimate of drug-likeness (QED) is 0.897. The Morgan fingerprint density at radius 2 is 2.20 bits per heavy atom. The summed E-state index contributed by atoms with van der Waals surface area (Å²) in [6.07, 6.45) is 4.36. The lowest BCUT2D eigenvalue weighted by Crippen LogP contribution is -2.49. The van der Waals surface area contributed by atoms with Gasteiger partial charge in [-0.1, -0.05) is 11.6 Å². The minimum absolute atomic E-state index is 0.167. The Bertz CT molecular complexity index is 611. The summed E-state index contributed by atoms with van der Waals surface area (Å²) >= 11 is 5.85. The molecule has 1 atom stereocenters. The van der Waals surface area contributed by atoms with E-state index in [2.05, 4.69) is 5.32 Å². The van der Waals surface area contributed by atoms with Crippen LogP contribution in [0.3, 0.4) is 0 Å². The van der Waals surface area contributed by atoms with Gasteiger partial charge in [0, 0.05) is 32.4 Å². The Hall–Kier alpha value is -1.05. The first kappa shape index (κ1) is 15.3. The van der Waals surface area contributed by atoms with Gasteiger partial charge in [0.25, 0.3) is 5.91 Å². The highest BCUT2D eigenvalue weighted by molar-refractivity contribution is 7.88. The average Bonchev–Trinajstić information content (AvgIpc) is 2.68. The predicted molar refractivity (Wildman–Crippen MR) is 77.3 cm³/mol. The zero-order valence-electron chi connectivity index (χ0n) is 11.5. The van der Waals surface area contributed by atoms with Gasteiger partial charge in [-0.15, -0.1) is 0 Å². The molecule has 1 aromatic rings. The van der Waals surface area contributed by atoms with E-state index >= 15 is 0 Å². The van der Waals surface area contributed by atoms with Crippen LogP contribution in [0.4, 0.5) is 0 Å². The molecule has 1 amide bonds. The fourth-order valence-electron chi connectivity index (χ4n) is 2.37. The number of halogens is 1. The molecular formula is C12H18ClN3O3S. The number of carbonyl (C=O) groups excluding carboxylic acids is 1. The van der Waals surface area contributed by atoms with Gasteiger partial charge in [-0.05, 0) is 18.9 Å². The standard InChI is InChI=1S/C12H18ClN3O3S/c1-15-7-9(13)6-11(15)12(17)14-10-4-3-5-16(8-10)20(2,18)19/h6-7,10H,3-5,8H2,1-2H3,(H,14,17). The Morgan fingerprint density at radius 1 is 1.50 bits per heavy atom. The number of carbonyl (C=O) groups is 1. The van der Waals surface area contributed by atoms with Gasteiger partial charge >= 0.3 is 0 Å². The maximum atomic E-state index is 12.1. The second kappa shape index (κ2) is 5.75. The van der Waals surface area contributed by atoms with Crippen LogP contribution in [0.5, 0.6) is 0 Å². The average molecular weight is 320 g/mol. The van der Waals surface area contributed by atoms with Crippen LogP contribution in [0, 0.1) is 0 Å². The first-order valence-corrected chi connectivity index (χ1v) is 8.58. The fourth-order valence-corrected chi connectivity index (χ4v) is 3.53.